The van der Waals surface area contributed by atoms with E-state index in [1.54, 1.807) is 0 Å². The summed E-state index contributed by atoms with van der Waals surface area (Å²) in [4.78, 5) is 2.49. The van der Waals surface area contributed by atoms with Crippen LogP contribution in [0.15, 0.2) is 205 Å². The Morgan fingerprint density at radius 1 is 0.345 bits per heavy atom. The summed E-state index contributed by atoms with van der Waals surface area (Å²) in [5.74, 6) is 0. The first kappa shape index (κ1) is 33.2. The molecule has 0 atom stereocenters. The first-order valence-corrected chi connectivity index (χ1v) is 21.2. The SMILES string of the molecule is c1ccc(-c2ccc(-c3ccccc3)c3c2sc2ccc(N(c4cccc5oc6ccccc6c45)c4ccc(-c5ccccc5)c5sc6ccccc6c45)cc23)cc1. The van der Waals surface area contributed by atoms with Crippen LogP contribution in [0, 0.1) is 0 Å². The largest absolute Gasteiger partial charge is 0.456 e. The minimum absolute atomic E-state index is 0.872. The van der Waals surface area contributed by atoms with Crippen LogP contribution in [0.1, 0.15) is 0 Å². The third-order valence-electron chi connectivity index (χ3n) is 11.5. The molecule has 0 amide bonds. The Kier molecular flexibility index (Phi) is 7.62. The van der Waals surface area contributed by atoms with Crippen LogP contribution in [0.5, 0.6) is 0 Å². The minimum atomic E-state index is 0.872. The van der Waals surface area contributed by atoms with Crippen molar-refractivity contribution in [3.8, 4) is 33.4 Å². The van der Waals surface area contributed by atoms with Crippen molar-refractivity contribution in [2.75, 3.05) is 4.90 Å². The highest BCUT2D eigenvalue weighted by Crippen LogP contribution is 2.52. The van der Waals surface area contributed by atoms with Crippen molar-refractivity contribution in [3.63, 3.8) is 0 Å². The highest BCUT2D eigenvalue weighted by molar-refractivity contribution is 7.27. The van der Waals surface area contributed by atoms with Crippen LogP contribution >= 0.6 is 22.7 Å². The van der Waals surface area contributed by atoms with E-state index >= 15 is 0 Å². The van der Waals surface area contributed by atoms with Crippen LogP contribution in [0.25, 0.3) is 95.7 Å². The fourth-order valence-corrected chi connectivity index (χ4v) is 11.4. The normalized spacial score (nSPS) is 11.8. The van der Waals surface area contributed by atoms with Crippen molar-refractivity contribution in [1.29, 1.82) is 0 Å². The highest BCUT2D eigenvalue weighted by Gasteiger charge is 2.25. The van der Waals surface area contributed by atoms with Crippen LogP contribution in [-0.4, -0.2) is 0 Å². The monoisotopic (exact) mass is 775 g/mol. The van der Waals surface area contributed by atoms with Gasteiger partial charge in [-0.25, -0.2) is 0 Å². The molecule has 0 unspecified atom stereocenters. The lowest BCUT2D eigenvalue weighted by molar-refractivity contribution is 0.669. The topological polar surface area (TPSA) is 16.4 Å². The lowest BCUT2D eigenvalue weighted by Crippen LogP contribution is -2.11. The summed E-state index contributed by atoms with van der Waals surface area (Å²) in [6.07, 6.45) is 0. The van der Waals surface area contributed by atoms with Gasteiger partial charge in [0.05, 0.1) is 16.8 Å². The summed E-state index contributed by atoms with van der Waals surface area (Å²) in [5.41, 5.74) is 12.5. The van der Waals surface area contributed by atoms with Crippen LogP contribution in [0.3, 0.4) is 0 Å². The quantitative estimate of drug-likeness (QED) is 0.167. The Hall–Kier alpha value is -6.98. The average Bonchev–Trinajstić information content (AvgIpc) is 3.99. The van der Waals surface area contributed by atoms with Crippen LogP contribution in [0.4, 0.5) is 17.1 Å². The van der Waals surface area contributed by atoms with E-state index in [0.29, 0.717) is 0 Å². The number of benzene rings is 9. The Morgan fingerprint density at radius 2 is 0.879 bits per heavy atom. The van der Waals surface area contributed by atoms with E-state index in [1.807, 2.05) is 22.7 Å². The lowest BCUT2D eigenvalue weighted by Gasteiger charge is -2.28. The molecule has 0 aliphatic carbocycles. The lowest BCUT2D eigenvalue weighted by atomic mass is 9.94. The third kappa shape index (κ3) is 5.16. The van der Waals surface area contributed by atoms with E-state index in [4.69, 9.17) is 4.42 Å². The average molecular weight is 776 g/mol. The van der Waals surface area contributed by atoms with Crippen molar-refractivity contribution in [2.24, 2.45) is 0 Å². The van der Waals surface area contributed by atoms with Gasteiger partial charge in [0.15, 0.2) is 0 Å². The molecular weight excluding hydrogens is 743 g/mol. The number of furan rings is 1. The number of rotatable bonds is 6. The molecule has 12 rings (SSSR count). The second kappa shape index (κ2) is 13.3. The molecule has 9 aromatic carbocycles. The Morgan fingerprint density at radius 3 is 1.60 bits per heavy atom. The van der Waals surface area contributed by atoms with Crippen LogP contribution in [-0.2, 0) is 0 Å². The molecule has 272 valence electrons. The minimum Gasteiger partial charge on any atom is -0.456 e. The molecule has 3 aromatic heterocycles. The number of hydrogen-bond acceptors (Lipinski definition) is 4. The Balaban J connectivity index is 1.20. The van der Waals surface area contributed by atoms with Gasteiger partial charge in [-0.2, -0.15) is 0 Å². The van der Waals surface area contributed by atoms with Gasteiger partial charge in [0.2, 0.25) is 0 Å². The van der Waals surface area contributed by atoms with Gasteiger partial charge < -0.3 is 9.32 Å². The smallest absolute Gasteiger partial charge is 0.137 e. The second-order valence-corrected chi connectivity index (χ2v) is 16.9. The van der Waals surface area contributed by atoms with Crippen molar-refractivity contribution < 1.29 is 4.42 Å². The predicted octanol–water partition coefficient (Wildman–Crippen LogP) is 16.8. The zero-order valence-corrected chi connectivity index (χ0v) is 32.9. The van der Waals surface area contributed by atoms with E-state index < -0.39 is 0 Å². The van der Waals surface area contributed by atoms with Gasteiger partial charge in [-0.3, -0.25) is 0 Å². The van der Waals surface area contributed by atoms with Gasteiger partial charge in [-0.05, 0) is 81.9 Å². The number of hydrogen-bond donors (Lipinski definition) is 0. The van der Waals surface area contributed by atoms with E-state index in [1.165, 1.54) is 73.7 Å². The van der Waals surface area contributed by atoms with E-state index in [2.05, 4.69) is 205 Å². The molecule has 0 N–H and O–H groups in total. The second-order valence-electron chi connectivity index (χ2n) is 14.8. The molecule has 0 aliphatic heterocycles. The molecule has 0 aliphatic rings. The van der Waals surface area contributed by atoms with Gasteiger partial charge in [0, 0.05) is 51.4 Å². The fourth-order valence-electron chi connectivity index (χ4n) is 8.90. The van der Waals surface area contributed by atoms with E-state index in [0.717, 1.165) is 39.0 Å². The van der Waals surface area contributed by atoms with Gasteiger partial charge in [-0.1, -0.05) is 152 Å². The molecule has 0 saturated carbocycles. The number of thiophene rings is 2. The molecule has 0 saturated heterocycles. The molecule has 4 heteroatoms. The zero-order chi connectivity index (χ0) is 38.2. The highest BCUT2D eigenvalue weighted by atomic mass is 32.1. The molecule has 58 heavy (non-hydrogen) atoms. The van der Waals surface area contributed by atoms with E-state index in [9.17, 15) is 0 Å². The Bertz CT molecular complexity index is 3510. The summed E-state index contributed by atoms with van der Waals surface area (Å²) in [7, 11) is 0. The maximum absolute atomic E-state index is 6.55. The first-order valence-electron chi connectivity index (χ1n) is 19.6. The summed E-state index contributed by atoms with van der Waals surface area (Å²) in [5, 5.41) is 7.24. The summed E-state index contributed by atoms with van der Waals surface area (Å²) in [6, 6.07) is 72.6. The van der Waals surface area contributed by atoms with Crippen molar-refractivity contribution in [2.45, 2.75) is 0 Å². The number of nitrogens with zero attached hydrogens (tertiary/aromatic N) is 1. The molecule has 0 fully saturated rings. The number of para-hydroxylation sites is 1. The van der Waals surface area contributed by atoms with Gasteiger partial charge in [0.1, 0.15) is 11.2 Å². The molecular formula is C54H33NOS2. The molecule has 2 nitrogen and oxygen atoms in total. The number of fused-ring (bicyclic) bond motifs is 9. The van der Waals surface area contributed by atoms with Gasteiger partial charge in [0.25, 0.3) is 0 Å². The van der Waals surface area contributed by atoms with Crippen molar-refractivity contribution in [1.82, 2.24) is 0 Å². The van der Waals surface area contributed by atoms with Crippen LogP contribution < -0.4 is 4.90 Å². The summed E-state index contributed by atoms with van der Waals surface area (Å²) in [6.45, 7) is 0. The maximum atomic E-state index is 6.55. The Labute approximate surface area is 343 Å². The first-order chi connectivity index (χ1) is 28.8. The standard InChI is InChI=1S/C54H33NOS2/c1-4-15-34(16-5-1)38-28-29-39(35-17-6-2-7-18-35)53-50(38)43-33-37(27-32-49(43)58-53)55(44-23-14-25-47-51(44)41-21-10-12-24-46(41)56-47)45-31-30-40(36-19-8-3-9-20-36)54-52(45)42-22-11-13-26-48(42)57-54/h1-33H. The van der Waals surface area contributed by atoms with Gasteiger partial charge >= 0.3 is 0 Å². The zero-order valence-electron chi connectivity index (χ0n) is 31.2. The van der Waals surface area contributed by atoms with E-state index in [-0.39, 0.29) is 0 Å². The van der Waals surface area contributed by atoms with Crippen LogP contribution in [0.2, 0.25) is 0 Å². The molecule has 3 heterocycles. The molecule has 0 bridgehead atoms. The third-order valence-corrected chi connectivity index (χ3v) is 13.9. The summed E-state index contributed by atoms with van der Waals surface area (Å²) < 4.78 is 11.7. The maximum Gasteiger partial charge on any atom is 0.137 e. The predicted molar refractivity (Wildman–Crippen MR) is 250 cm³/mol. The van der Waals surface area contributed by atoms with Crippen molar-refractivity contribution >= 4 is 102 Å². The molecule has 0 spiro atoms. The molecule has 0 radical (unpaired) electrons. The van der Waals surface area contributed by atoms with Crippen molar-refractivity contribution in [3.05, 3.63) is 200 Å². The summed E-state index contributed by atoms with van der Waals surface area (Å²) >= 11 is 3.76. The molecule has 12 aromatic rings. The fraction of sp³-hybridized carbons (Fsp3) is 0. The number of anilines is 3. The van der Waals surface area contributed by atoms with Gasteiger partial charge in [-0.15, -0.1) is 22.7 Å².